The zero-order valence-corrected chi connectivity index (χ0v) is 10.9. The van der Waals surface area contributed by atoms with E-state index < -0.39 is 5.56 Å². The summed E-state index contributed by atoms with van der Waals surface area (Å²) in [6, 6.07) is 3.35. The first kappa shape index (κ1) is 12.3. The standard InChI is InChI=1S/C12H12N6O2/c1-7(2)11(19)16-17-6-4-8-10(12(17)20)15-14-9-3-5-13-18(8)9/h3-7H,1-2H3,(H,16,19). The summed E-state index contributed by atoms with van der Waals surface area (Å²) in [6.07, 6.45) is 3.06. The summed E-state index contributed by atoms with van der Waals surface area (Å²) in [5.41, 5.74) is 3.31. The fourth-order valence-electron chi connectivity index (χ4n) is 1.78. The maximum absolute atomic E-state index is 12.3. The number of amides is 1. The van der Waals surface area contributed by atoms with Crippen molar-refractivity contribution < 1.29 is 4.79 Å². The number of aromatic nitrogens is 5. The van der Waals surface area contributed by atoms with Crippen molar-refractivity contribution in [3.63, 3.8) is 0 Å². The second-order valence-corrected chi connectivity index (χ2v) is 4.66. The van der Waals surface area contributed by atoms with Gasteiger partial charge in [-0.1, -0.05) is 13.8 Å². The molecule has 0 bridgehead atoms. The predicted octanol–water partition coefficient (Wildman–Crippen LogP) is 0.165. The van der Waals surface area contributed by atoms with Crippen LogP contribution >= 0.6 is 0 Å². The third-order valence-electron chi connectivity index (χ3n) is 2.90. The predicted molar refractivity (Wildman–Crippen MR) is 71.8 cm³/mol. The Bertz CT molecular complexity index is 863. The van der Waals surface area contributed by atoms with E-state index in [-0.39, 0.29) is 17.3 Å². The van der Waals surface area contributed by atoms with Gasteiger partial charge in [-0.3, -0.25) is 15.0 Å². The maximum Gasteiger partial charge on any atom is 0.299 e. The summed E-state index contributed by atoms with van der Waals surface area (Å²) in [4.78, 5) is 23.9. The summed E-state index contributed by atoms with van der Waals surface area (Å²) in [7, 11) is 0. The summed E-state index contributed by atoms with van der Waals surface area (Å²) in [6.45, 7) is 3.49. The van der Waals surface area contributed by atoms with Crippen molar-refractivity contribution in [2.24, 2.45) is 5.92 Å². The topological polar surface area (TPSA) is 94.2 Å². The van der Waals surface area contributed by atoms with Crippen LogP contribution in [0, 0.1) is 5.92 Å². The van der Waals surface area contributed by atoms with Gasteiger partial charge in [-0.25, -0.2) is 9.19 Å². The van der Waals surface area contributed by atoms with E-state index in [1.54, 1.807) is 32.2 Å². The number of nitrogens with zero attached hydrogens (tertiary/aromatic N) is 5. The molecular weight excluding hydrogens is 260 g/mol. The van der Waals surface area contributed by atoms with E-state index in [2.05, 4.69) is 20.7 Å². The van der Waals surface area contributed by atoms with Crippen molar-refractivity contribution in [2.75, 3.05) is 5.43 Å². The van der Waals surface area contributed by atoms with E-state index in [0.29, 0.717) is 11.2 Å². The number of pyridine rings is 1. The number of carbonyl (C=O) groups excluding carboxylic acids is 1. The molecule has 8 nitrogen and oxygen atoms in total. The third kappa shape index (κ3) is 1.81. The van der Waals surface area contributed by atoms with Crippen LogP contribution in [0.4, 0.5) is 0 Å². The number of rotatable bonds is 2. The highest BCUT2D eigenvalue weighted by molar-refractivity contribution is 5.85. The molecule has 0 radical (unpaired) electrons. The van der Waals surface area contributed by atoms with Gasteiger partial charge in [-0.2, -0.15) is 5.10 Å². The minimum absolute atomic E-state index is 0.146. The molecule has 20 heavy (non-hydrogen) atoms. The van der Waals surface area contributed by atoms with E-state index in [4.69, 9.17) is 0 Å². The molecule has 3 rings (SSSR count). The van der Waals surface area contributed by atoms with E-state index in [0.717, 1.165) is 4.68 Å². The van der Waals surface area contributed by atoms with Gasteiger partial charge in [-0.05, 0) is 6.07 Å². The molecule has 3 heterocycles. The number of nitrogens with one attached hydrogen (secondary N) is 1. The van der Waals surface area contributed by atoms with Crippen LogP contribution in [0.15, 0.2) is 29.3 Å². The molecule has 8 heteroatoms. The van der Waals surface area contributed by atoms with Crippen LogP contribution in [0.25, 0.3) is 16.7 Å². The maximum atomic E-state index is 12.3. The molecule has 0 aliphatic rings. The fourth-order valence-corrected chi connectivity index (χ4v) is 1.78. The van der Waals surface area contributed by atoms with Gasteiger partial charge in [0, 0.05) is 18.2 Å². The Hall–Kier alpha value is -2.77. The zero-order valence-electron chi connectivity index (χ0n) is 10.9. The van der Waals surface area contributed by atoms with Gasteiger partial charge in [-0.15, -0.1) is 10.2 Å². The van der Waals surface area contributed by atoms with Gasteiger partial charge >= 0.3 is 0 Å². The van der Waals surface area contributed by atoms with Gasteiger partial charge in [0.05, 0.1) is 6.20 Å². The van der Waals surface area contributed by atoms with Gasteiger partial charge in [0.1, 0.15) is 5.52 Å². The summed E-state index contributed by atoms with van der Waals surface area (Å²) >= 11 is 0. The molecule has 0 aliphatic carbocycles. The minimum Gasteiger partial charge on any atom is -0.273 e. The molecule has 1 N–H and O–H groups in total. The molecule has 0 unspecified atom stereocenters. The number of fused-ring (bicyclic) bond motifs is 3. The van der Waals surface area contributed by atoms with E-state index in [1.165, 1.54) is 10.7 Å². The minimum atomic E-state index is -0.443. The number of hydrogen-bond acceptors (Lipinski definition) is 5. The normalized spacial score (nSPS) is 11.3. The first-order chi connectivity index (χ1) is 9.58. The van der Waals surface area contributed by atoms with Crippen molar-refractivity contribution in [1.82, 2.24) is 24.5 Å². The average Bonchev–Trinajstić information content (AvgIpc) is 2.90. The largest absolute Gasteiger partial charge is 0.299 e. The molecule has 102 valence electrons. The quantitative estimate of drug-likeness (QED) is 0.717. The Kier molecular flexibility index (Phi) is 2.70. The summed E-state index contributed by atoms with van der Waals surface area (Å²) in [5, 5.41) is 11.9. The lowest BCUT2D eigenvalue weighted by molar-refractivity contribution is -0.119. The van der Waals surface area contributed by atoms with Crippen molar-refractivity contribution in [3.8, 4) is 0 Å². The highest BCUT2D eigenvalue weighted by atomic mass is 16.2. The van der Waals surface area contributed by atoms with E-state index in [1.807, 2.05) is 0 Å². The zero-order chi connectivity index (χ0) is 14.3. The summed E-state index contributed by atoms with van der Waals surface area (Å²) < 4.78 is 2.63. The van der Waals surface area contributed by atoms with E-state index >= 15 is 0 Å². The molecule has 3 aromatic heterocycles. The van der Waals surface area contributed by atoms with Crippen LogP contribution in [0.2, 0.25) is 0 Å². The highest BCUT2D eigenvalue weighted by Gasteiger charge is 2.12. The van der Waals surface area contributed by atoms with Crippen LogP contribution in [-0.4, -0.2) is 30.4 Å². The Balaban J connectivity index is 2.18. The lowest BCUT2D eigenvalue weighted by Gasteiger charge is -2.10. The molecule has 1 amide bonds. The van der Waals surface area contributed by atoms with Crippen LogP contribution in [0.1, 0.15) is 13.8 Å². The number of hydrogen-bond donors (Lipinski definition) is 1. The molecule has 0 saturated heterocycles. The molecule has 0 saturated carbocycles. The van der Waals surface area contributed by atoms with Crippen LogP contribution in [0.5, 0.6) is 0 Å². The third-order valence-corrected chi connectivity index (χ3v) is 2.90. The first-order valence-corrected chi connectivity index (χ1v) is 6.10. The molecular formula is C12H12N6O2. The Labute approximate surface area is 113 Å². The summed E-state index contributed by atoms with van der Waals surface area (Å²) in [5.74, 6) is -0.475. The molecule has 0 aliphatic heterocycles. The fraction of sp³-hybridized carbons (Fsp3) is 0.250. The lowest BCUT2D eigenvalue weighted by atomic mass is 10.2. The molecule has 0 aromatic carbocycles. The van der Waals surface area contributed by atoms with Gasteiger partial charge in [0.25, 0.3) is 5.56 Å². The Morgan fingerprint density at radius 2 is 2.10 bits per heavy atom. The second kappa shape index (κ2) is 4.41. The second-order valence-electron chi connectivity index (χ2n) is 4.66. The van der Waals surface area contributed by atoms with Crippen molar-refractivity contribution in [1.29, 1.82) is 0 Å². The smallest absolute Gasteiger partial charge is 0.273 e. The Morgan fingerprint density at radius 1 is 1.30 bits per heavy atom. The van der Waals surface area contributed by atoms with Crippen molar-refractivity contribution in [2.45, 2.75) is 13.8 Å². The molecule has 0 atom stereocenters. The average molecular weight is 272 g/mol. The lowest BCUT2D eigenvalue weighted by Crippen LogP contribution is -2.35. The van der Waals surface area contributed by atoms with Crippen LogP contribution in [-0.2, 0) is 4.79 Å². The van der Waals surface area contributed by atoms with Gasteiger partial charge in [0.2, 0.25) is 5.91 Å². The SMILES string of the molecule is CC(C)C(=O)Nn1ccc2c(nnc3ccnn32)c1=O. The first-order valence-electron chi connectivity index (χ1n) is 6.10. The van der Waals surface area contributed by atoms with E-state index in [9.17, 15) is 9.59 Å². The highest BCUT2D eigenvalue weighted by Crippen LogP contribution is 2.07. The number of carbonyl (C=O) groups is 1. The van der Waals surface area contributed by atoms with Crippen LogP contribution in [0.3, 0.4) is 0 Å². The molecule has 0 spiro atoms. The van der Waals surface area contributed by atoms with Gasteiger partial charge in [0.15, 0.2) is 11.2 Å². The Morgan fingerprint density at radius 3 is 2.85 bits per heavy atom. The van der Waals surface area contributed by atoms with Crippen molar-refractivity contribution >= 4 is 22.6 Å². The molecule has 3 aromatic rings. The van der Waals surface area contributed by atoms with Crippen molar-refractivity contribution in [3.05, 3.63) is 34.9 Å². The monoisotopic (exact) mass is 272 g/mol. The van der Waals surface area contributed by atoms with Crippen LogP contribution < -0.4 is 11.0 Å². The van der Waals surface area contributed by atoms with Gasteiger partial charge < -0.3 is 0 Å². The molecule has 0 fully saturated rings.